The van der Waals surface area contributed by atoms with E-state index in [1.165, 1.54) is 6.92 Å². The zero-order valence-corrected chi connectivity index (χ0v) is 19.3. The van der Waals surface area contributed by atoms with E-state index >= 15 is 0 Å². The van der Waals surface area contributed by atoms with E-state index in [9.17, 15) is 19.5 Å². The summed E-state index contributed by atoms with van der Waals surface area (Å²) < 4.78 is 10.6. The van der Waals surface area contributed by atoms with Crippen LogP contribution in [0.25, 0.3) is 11.1 Å². The fourth-order valence-corrected chi connectivity index (χ4v) is 3.81. The average Bonchev–Trinajstić information content (AvgIpc) is 3.04. The van der Waals surface area contributed by atoms with E-state index in [0.29, 0.717) is 0 Å². The minimum Gasteiger partial charge on any atom is -0.480 e. The largest absolute Gasteiger partial charge is 0.480 e. The Morgan fingerprint density at radius 1 is 0.909 bits per heavy atom. The number of carboxylic acid groups (broad SMARTS) is 1. The van der Waals surface area contributed by atoms with Gasteiger partial charge in [0.15, 0.2) is 0 Å². The first-order valence-corrected chi connectivity index (χ1v) is 10.8. The fourth-order valence-electron chi connectivity index (χ4n) is 3.81. The van der Waals surface area contributed by atoms with Crippen LogP contribution >= 0.6 is 0 Å². The number of alkyl carbamates (subject to hydrolysis) is 2. The lowest BCUT2D eigenvalue weighted by Crippen LogP contribution is -2.54. The summed E-state index contributed by atoms with van der Waals surface area (Å²) in [5.74, 6) is -1.37. The normalized spacial score (nSPS) is 14.4. The third-order valence-corrected chi connectivity index (χ3v) is 5.49. The summed E-state index contributed by atoms with van der Waals surface area (Å²) in [4.78, 5) is 36.1. The number of carbonyl (C=O) groups excluding carboxylic acids is 2. The number of ether oxygens (including phenoxy) is 2. The third-order valence-electron chi connectivity index (χ3n) is 5.49. The number of carbonyl (C=O) groups is 3. The molecule has 33 heavy (non-hydrogen) atoms. The molecule has 2 aromatic carbocycles. The Labute approximate surface area is 193 Å². The van der Waals surface area contributed by atoms with Crippen LogP contribution in [-0.2, 0) is 14.3 Å². The summed E-state index contributed by atoms with van der Waals surface area (Å²) in [7, 11) is 0. The van der Waals surface area contributed by atoms with Crippen molar-refractivity contribution >= 4 is 18.2 Å². The van der Waals surface area contributed by atoms with Gasteiger partial charge >= 0.3 is 18.2 Å². The summed E-state index contributed by atoms with van der Waals surface area (Å²) in [6.07, 6.45) is -1.54. The molecule has 8 heteroatoms. The van der Waals surface area contributed by atoms with Crippen molar-refractivity contribution in [2.24, 2.45) is 0 Å². The number of fused-ring (bicyclic) bond motifs is 3. The van der Waals surface area contributed by atoms with Crippen LogP contribution in [0.1, 0.15) is 51.2 Å². The highest BCUT2D eigenvalue weighted by molar-refractivity contribution is 5.84. The molecule has 0 bridgehead atoms. The minimum absolute atomic E-state index is 0.00136. The molecule has 8 nitrogen and oxygen atoms in total. The first-order valence-electron chi connectivity index (χ1n) is 10.8. The predicted octanol–water partition coefficient (Wildman–Crippen LogP) is 4.28. The number of nitrogens with one attached hydrogen (secondary N) is 2. The second-order valence-corrected chi connectivity index (χ2v) is 9.27. The number of amides is 2. The molecule has 0 radical (unpaired) electrons. The van der Waals surface area contributed by atoms with E-state index < -0.39 is 29.3 Å². The minimum atomic E-state index is -1.63. The number of carboxylic acids is 1. The molecule has 0 saturated heterocycles. The van der Waals surface area contributed by atoms with Gasteiger partial charge in [-0.05, 0) is 56.4 Å². The van der Waals surface area contributed by atoms with Gasteiger partial charge in [0.2, 0.25) is 0 Å². The summed E-state index contributed by atoms with van der Waals surface area (Å²) in [5, 5.41) is 14.6. The lowest BCUT2D eigenvalue weighted by atomic mass is 9.98. The quantitative estimate of drug-likeness (QED) is 0.575. The lowest BCUT2D eigenvalue weighted by Gasteiger charge is -2.27. The van der Waals surface area contributed by atoms with Crippen molar-refractivity contribution in [1.82, 2.24) is 10.6 Å². The number of rotatable bonds is 7. The van der Waals surface area contributed by atoms with Crippen molar-refractivity contribution in [1.29, 1.82) is 0 Å². The monoisotopic (exact) mass is 454 g/mol. The Kier molecular flexibility index (Phi) is 6.95. The molecule has 1 atom stereocenters. The average molecular weight is 455 g/mol. The number of aliphatic carboxylic acids is 1. The van der Waals surface area contributed by atoms with Crippen LogP contribution in [0.15, 0.2) is 48.5 Å². The van der Waals surface area contributed by atoms with Crippen LogP contribution in [-0.4, -0.2) is 47.6 Å². The predicted molar refractivity (Wildman–Crippen MR) is 123 cm³/mol. The molecule has 3 rings (SSSR count). The Balaban J connectivity index is 1.59. The van der Waals surface area contributed by atoms with Gasteiger partial charge in [-0.1, -0.05) is 48.5 Å². The smallest absolute Gasteiger partial charge is 0.408 e. The molecular formula is C25H30N2O6. The molecule has 0 spiro atoms. The van der Waals surface area contributed by atoms with Gasteiger partial charge in [-0.15, -0.1) is 0 Å². The summed E-state index contributed by atoms with van der Waals surface area (Å²) in [5.41, 5.74) is 2.04. The molecule has 0 unspecified atom stereocenters. The number of hydrogen-bond donors (Lipinski definition) is 3. The molecule has 176 valence electrons. The number of hydrogen-bond acceptors (Lipinski definition) is 5. The van der Waals surface area contributed by atoms with Gasteiger partial charge in [-0.2, -0.15) is 0 Å². The molecule has 1 aliphatic carbocycles. The highest BCUT2D eigenvalue weighted by Crippen LogP contribution is 2.44. The van der Waals surface area contributed by atoms with Crippen LogP contribution in [0.2, 0.25) is 0 Å². The highest BCUT2D eigenvalue weighted by Gasteiger charge is 2.36. The van der Waals surface area contributed by atoms with Crippen LogP contribution in [0.4, 0.5) is 9.59 Å². The summed E-state index contributed by atoms with van der Waals surface area (Å²) in [6.45, 7) is 6.63. The Morgan fingerprint density at radius 3 is 1.97 bits per heavy atom. The SMILES string of the molecule is CC(C)(C)OC(=O)NCC[C@@](C)(NC(=O)OCC1c2ccccc2-c2ccccc21)C(=O)O. The molecule has 0 fully saturated rings. The molecule has 2 amide bonds. The standard InChI is InChI=1S/C25H30N2O6/c1-24(2,3)33-22(30)26-14-13-25(4,21(28)29)27-23(31)32-15-20-18-11-7-5-9-16(18)17-10-6-8-12-19(17)20/h5-12,20H,13-15H2,1-4H3,(H,26,30)(H,27,31)(H,28,29)/t25-/m1/s1. The molecule has 2 aromatic rings. The van der Waals surface area contributed by atoms with E-state index in [2.05, 4.69) is 10.6 Å². The molecule has 0 aliphatic heterocycles. The maximum atomic E-state index is 12.5. The van der Waals surface area contributed by atoms with Gasteiger partial charge in [-0.3, -0.25) is 0 Å². The Hall–Kier alpha value is -3.55. The van der Waals surface area contributed by atoms with E-state index in [-0.39, 0.29) is 25.5 Å². The van der Waals surface area contributed by atoms with Crippen molar-refractivity contribution in [2.45, 2.75) is 51.2 Å². The van der Waals surface area contributed by atoms with E-state index in [0.717, 1.165) is 22.3 Å². The Bertz CT molecular complexity index is 1000. The van der Waals surface area contributed by atoms with Crippen LogP contribution in [0.5, 0.6) is 0 Å². The van der Waals surface area contributed by atoms with Crippen molar-refractivity contribution in [2.75, 3.05) is 13.2 Å². The number of benzene rings is 2. The van der Waals surface area contributed by atoms with Crippen molar-refractivity contribution in [3.63, 3.8) is 0 Å². The maximum Gasteiger partial charge on any atom is 0.408 e. The molecule has 0 saturated carbocycles. The fraction of sp³-hybridized carbons (Fsp3) is 0.400. The van der Waals surface area contributed by atoms with Gasteiger partial charge < -0.3 is 25.2 Å². The molecule has 1 aliphatic rings. The van der Waals surface area contributed by atoms with Crippen molar-refractivity contribution < 1.29 is 29.0 Å². The van der Waals surface area contributed by atoms with Gasteiger partial charge in [0.1, 0.15) is 17.7 Å². The van der Waals surface area contributed by atoms with Crippen molar-refractivity contribution in [3.05, 3.63) is 59.7 Å². The molecule has 0 aromatic heterocycles. The maximum absolute atomic E-state index is 12.5. The second kappa shape index (κ2) is 9.52. The zero-order valence-electron chi connectivity index (χ0n) is 19.3. The first-order chi connectivity index (χ1) is 15.5. The van der Waals surface area contributed by atoms with E-state index in [1.807, 2.05) is 48.5 Å². The second-order valence-electron chi connectivity index (χ2n) is 9.27. The molecular weight excluding hydrogens is 424 g/mol. The van der Waals surface area contributed by atoms with Crippen molar-refractivity contribution in [3.8, 4) is 11.1 Å². The van der Waals surface area contributed by atoms with Crippen LogP contribution in [0.3, 0.4) is 0 Å². The third kappa shape index (κ3) is 5.83. The van der Waals surface area contributed by atoms with Crippen LogP contribution in [0, 0.1) is 0 Å². The van der Waals surface area contributed by atoms with E-state index in [4.69, 9.17) is 9.47 Å². The molecule has 3 N–H and O–H groups in total. The summed E-state index contributed by atoms with van der Waals surface area (Å²) in [6, 6.07) is 15.9. The summed E-state index contributed by atoms with van der Waals surface area (Å²) >= 11 is 0. The van der Waals surface area contributed by atoms with Gasteiger partial charge in [0.25, 0.3) is 0 Å². The zero-order chi connectivity index (χ0) is 24.2. The van der Waals surface area contributed by atoms with Crippen LogP contribution < -0.4 is 10.6 Å². The topological polar surface area (TPSA) is 114 Å². The lowest BCUT2D eigenvalue weighted by molar-refractivity contribution is -0.144. The Morgan fingerprint density at radius 2 is 1.45 bits per heavy atom. The van der Waals surface area contributed by atoms with Gasteiger partial charge in [0, 0.05) is 12.5 Å². The first kappa shape index (κ1) is 24.1. The highest BCUT2D eigenvalue weighted by atomic mass is 16.6. The van der Waals surface area contributed by atoms with Gasteiger partial charge in [-0.25, -0.2) is 14.4 Å². The van der Waals surface area contributed by atoms with E-state index in [1.54, 1.807) is 20.8 Å². The molecule has 0 heterocycles. The van der Waals surface area contributed by atoms with Gasteiger partial charge in [0.05, 0.1) is 0 Å².